The first-order chi connectivity index (χ1) is 12.2. The van der Waals surface area contributed by atoms with Gasteiger partial charge in [-0.1, -0.05) is 6.08 Å². The van der Waals surface area contributed by atoms with Gasteiger partial charge in [-0.2, -0.15) is 21.6 Å². The number of halogens is 3. The molecule has 0 N–H and O–H groups in total. The van der Waals surface area contributed by atoms with Crippen LogP contribution in [0.25, 0.3) is 0 Å². The van der Waals surface area contributed by atoms with Gasteiger partial charge in [-0.3, -0.25) is 4.79 Å². The van der Waals surface area contributed by atoms with Gasteiger partial charge in [0, 0.05) is 6.61 Å². The van der Waals surface area contributed by atoms with Gasteiger partial charge in [0.2, 0.25) is 0 Å². The van der Waals surface area contributed by atoms with Crippen LogP contribution in [0.2, 0.25) is 0 Å². The third-order valence-corrected chi connectivity index (χ3v) is 4.44. The van der Waals surface area contributed by atoms with Crippen molar-refractivity contribution in [1.82, 2.24) is 0 Å². The topological polar surface area (TPSA) is 88.1 Å². The molecule has 2 heterocycles. The van der Waals surface area contributed by atoms with E-state index in [2.05, 4.69) is 4.18 Å². The van der Waals surface area contributed by atoms with Gasteiger partial charge in [0.1, 0.15) is 24.9 Å². The third-order valence-electron chi connectivity index (χ3n) is 3.46. The molecule has 1 saturated heterocycles. The second kappa shape index (κ2) is 8.69. The fourth-order valence-corrected chi connectivity index (χ4v) is 2.70. The Hall–Kier alpha value is -1.85. The molecule has 11 heteroatoms. The van der Waals surface area contributed by atoms with Gasteiger partial charge in [-0.15, -0.1) is 0 Å². The Labute approximate surface area is 148 Å². The highest BCUT2D eigenvalue weighted by Crippen LogP contribution is 2.32. The minimum absolute atomic E-state index is 0.0358. The van der Waals surface area contributed by atoms with Crippen molar-refractivity contribution < 1.29 is 44.8 Å². The number of carbonyl (C=O) groups is 1. The maximum absolute atomic E-state index is 12.5. The Bertz CT molecular complexity index is 689. The van der Waals surface area contributed by atoms with Crippen molar-refractivity contribution in [2.75, 3.05) is 13.2 Å². The highest BCUT2D eigenvalue weighted by atomic mass is 32.2. The maximum Gasteiger partial charge on any atom is 0.534 e. The van der Waals surface area contributed by atoms with Crippen LogP contribution in [0.4, 0.5) is 13.2 Å². The molecule has 0 radical (unpaired) electrons. The van der Waals surface area contributed by atoms with Crippen molar-refractivity contribution in [3.63, 3.8) is 0 Å². The first kappa shape index (κ1) is 20.5. The smallest absolute Gasteiger partial charge is 0.464 e. The van der Waals surface area contributed by atoms with E-state index in [1.165, 1.54) is 12.2 Å². The largest absolute Gasteiger partial charge is 0.534 e. The van der Waals surface area contributed by atoms with Gasteiger partial charge < -0.3 is 18.4 Å². The number of hydrogen-bond acceptors (Lipinski definition) is 7. The summed E-state index contributed by atoms with van der Waals surface area (Å²) in [5, 5.41) is 0. The third kappa shape index (κ3) is 5.58. The number of hydrogen-bond donors (Lipinski definition) is 0. The Kier molecular flexibility index (Phi) is 6.84. The molecule has 7 nitrogen and oxygen atoms in total. The number of carbonyl (C=O) groups excluding carboxylic acids is 1. The van der Waals surface area contributed by atoms with Crippen LogP contribution < -0.4 is 0 Å². The quantitative estimate of drug-likeness (QED) is 0.282. The van der Waals surface area contributed by atoms with Gasteiger partial charge in [0.25, 0.3) is 0 Å². The van der Waals surface area contributed by atoms with E-state index in [1.807, 2.05) is 0 Å². The Morgan fingerprint density at radius 2 is 2.08 bits per heavy atom. The minimum Gasteiger partial charge on any atom is -0.464 e. The lowest BCUT2D eigenvalue weighted by Gasteiger charge is -2.25. The molecular formula is C15H17F3O7S. The van der Waals surface area contributed by atoms with Crippen LogP contribution in [-0.4, -0.2) is 39.7 Å². The van der Waals surface area contributed by atoms with E-state index in [0.717, 1.165) is 25.2 Å². The molecule has 26 heavy (non-hydrogen) atoms. The van der Waals surface area contributed by atoms with Crippen LogP contribution in [0.3, 0.4) is 0 Å². The number of ether oxygens (including phenoxy) is 3. The predicted molar refractivity (Wildman–Crippen MR) is 81.5 cm³/mol. The van der Waals surface area contributed by atoms with Crippen LogP contribution in [0.5, 0.6) is 0 Å². The molecule has 2 atom stereocenters. The summed E-state index contributed by atoms with van der Waals surface area (Å²) in [4.78, 5) is 10.5. The molecule has 2 unspecified atom stereocenters. The molecule has 0 spiro atoms. The van der Waals surface area contributed by atoms with E-state index in [1.54, 1.807) is 0 Å². The van der Waals surface area contributed by atoms with E-state index in [9.17, 15) is 26.4 Å². The van der Waals surface area contributed by atoms with Crippen molar-refractivity contribution >= 4 is 16.4 Å². The predicted octanol–water partition coefficient (Wildman–Crippen LogP) is 2.52. The van der Waals surface area contributed by atoms with E-state index in [4.69, 9.17) is 14.2 Å². The van der Waals surface area contributed by atoms with Gasteiger partial charge in [0.05, 0.1) is 5.92 Å². The molecule has 2 aliphatic heterocycles. The number of allylic oxidation sites excluding steroid dienone is 2. The summed E-state index contributed by atoms with van der Waals surface area (Å²) in [6, 6.07) is 0. The number of alkyl halides is 3. The normalized spacial score (nSPS) is 24.6. The highest BCUT2D eigenvalue weighted by molar-refractivity contribution is 7.87. The Balaban J connectivity index is 2.06. The van der Waals surface area contributed by atoms with Crippen molar-refractivity contribution in [2.45, 2.75) is 31.1 Å². The van der Waals surface area contributed by atoms with E-state index < -0.39 is 33.6 Å². The maximum atomic E-state index is 12.5. The summed E-state index contributed by atoms with van der Waals surface area (Å²) in [6.45, 7) is 0.536. The fourth-order valence-electron chi connectivity index (χ4n) is 2.20. The van der Waals surface area contributed by atoms with Gasteiger partial charge in [-0.05, 0) is 31.4 Å². The molecule has 0 aliphatic carbocycles. The zero-order valence-corrected chi connectivity index (χ0v) is 14.3. The summed E-state index contributed by atoms with van der Waals surface area (Å²) in [7, 11) is -5.85. The highest BCUT2D eigenvalue weighted by Gasteiger charge is 2.49. The zero-order chi connectivity index (χ0) is 19.2. The first-order valence-corrected chi connectivity index (χ1v) is 9.07. The molecule has 0 saturated carbocycles. The van der Waals surface area contributed by atoms with E-state index in [-0.39, 0.29) is 12.4 Å². The fraction of sp³-hybridized carbons (Fsp3) is 0.533. The van der Waals surface area contributed by atoms with Crippen LogP contribution >= 0.6 is 0 Å². The van der Waals surface area contributed by atoms with E-state index in [0.29, 0.717) is 19.3 Å². The summed E-state index contributed by atoms with van der Waals surface area (Å²) in [5.74, 6) is -1.45. The molecule has 0 amide bonds. The van der Waals surface area contributed by atoms with Crippen LogP contribution in [0.15, 0.2) is 36.0 Å². The molecular weight excluding hydrogens is 381 g/mol. The zero-order valence-electron chi connectivity index (χ0n) is 13.5. The lowest BCUT2D eigenvalue weighted by atomic mass is 10.0. The van der Waals surface area contributed by atoms with E-state index >= 15 is 0 Å². The molecule has 0 aromatic heterocycles. The Morgan fingerprint density at radius 3 is 2.69 bits per heavy atom. The average molecular weight is 398 g/mol. The monoisotopic (exact) mass is 398 g/mol. The summed E-state index contributed by atoms with van der Waals surface area (Å²) in [6.07, 6.45) is 6.78. The first-order valence-electron chi connectivity index (χ1n) is 7.66. The Morgan fingerprint density at radius 1 is 1.31 bits per heavy atom. The second-order valence-corrected chi connectivity index (χ2v) is 6.95. The van der Waals surface area contributed by atoms with Gasteiger partial charge in [-0.25, -0.2) is 0 Å². The standard InChI is InChI=1S/C15H17F3O7S/c16-15(17,18)26(20,21)25-13-10-23-12(8-11(13)4-3-6-19)9-24-14-5-1-2-7-22-14/h3-4,6,8,10-11,14H,1-2,5,7,9H2. The second-order valence-electron chi connectivity index (χ2n) is 5.41. The number of aldehydes is 1. The minimum atomic E-state index is -5.85. The molecule has 0 aromatic rings. The van der Waals surface area contributed by atoms with Gasteiger partial charge >= 0.3 is 15.6 Å². The van der Waals surface area contributed by atoms with Crippen molar-refractivity contribution in [1.29, 1.82) is 0 Å². The van der Waals surface area contributed by atoms with Crippen LogP contribution in [0, 0.1) is 5.92 Å². The SMILES string of the molecule is O=CC=CC1C=C(COC2CCCCO2)OC=C1OS(=O)(=O)C(F)(F)F. The molecule has 146 valence electrons. The van der Waals surface area contributed by atoms with Crippen molar-refractivity contribution in [2.24, 2.45) is 5.92 Å². The lowest BCUT2D eigenvalue weighted by Crippen LogP contribution is -2.27. The summed E-state index contributed by atoms with van der Waals surface area (Å²) < 4.78 is 79.8. The molecule has 2 rings (SSSR count). The number of rotatable bonds is 7. The lowest BCUT2D eigenvalue weighted by molar-refractivity contribution is -0.160. The van der Waals surface area contributed by atoms with Crippen LogP contribution in [0.1, 0.15) is 19.3 Å². The summed E-state index contributed by atoms with van der Waals surface area (Å²) in [5.41, 5.74) is -5.59. The molecule has 0 aromatic carbocycles. The van der Waals surface area contributed by atoms with Crippen molar-refractivity contribution in [3.05, 3.63) is 36.0 Å². The molecule has 2 aliphatic rings. The van der Waals surface area contributed by atoms with Crippen molar-refractivity contribution in [3.8, 4) is 0 Å². The molecule has 0 bridgehead atoms. The van der Waals surface area contributed by atoms with Gasteiger partial charge in [0.15, 0.2) is 12.0 Å². The molecule has 1 fully saturated rings. The average Bonchev–Trinajstić information content (AvgIpc) is 2.59. The summed E-state index contributed by atoms with van der Waals surface area (Å²) >= 11 is 0. The van der Waals surface area contributed by atoms with Crippen LogP contribution in [-0.2, 0) is 33.3 Å².